The molecular formula is C26H53NO5. The van der Waals surface area contributed by atoms with Gasteiger partial charge in [-0.15, -0.1) is 0 Å². The number of hydrogen-bond acceptors (Lipinski definition) is 6. The van der Waals surface area contributed by atoms with Crippen LogP contribution in [0.3, 0.4) is 0 Å². The van der Waals surface area contributed by atoms with Gasteiger partial charge >= 0.3 is 0 Å². The number of hydrogen-bond donors (Lipinski definition) is 0. The summed E-state index contributed by atoms with van der Waals surface area (Å²) in [6, 6.07) is 0.154. The van der Waals surface area contributed by atoms with Gasteiger partial charge in [-0.3, -0.25) is 4.90 Å². The Labute approximate surface area is 198 Å². The quantitative estimate of drug-likeness (QED) is 0.223. The van der Waals surface area contributed by atoms with Gasteiger partial charge in [-0.1, -0.05) is 53.4 Å². The second-order valence-corrected chi connectivity index (χ2v) is 8.83. The van der Waals surface area contributed by atoms with Gasteiger partial charge in [-0.25, -0.2) is 0 Å². The van der Waals surface area contributed by atoms with E-state index in [0.29, 0.717) is 13.2 Å². The van der Waals surface area contributed by atoms with Crippen LogP contribution in [0.4, 0.5) is 0 Å². The summed E-state index contributed by atoms with van der Waals surface area (Å²) in [5.74, 6) is 0. The highest BCUT2D eigenvalue weighted by molar-refractivity contribution is 4.97. The molecule has 0 bridgehead atoms. The number of rotatable bonds is 21. The molecule has 0 amide bonds. The summed E-state index contributed by atoms with van der Waals surface area (Å²) in [5.41, 5.74) is 0. The van der Waals surface area contributed by atoms with Crippen LogP contribution in [0.2, 0.25) is 0 Å². The average molecular weight is 460 g/mol. The maximum Gasteiger partial charge on any atom is 0.113 e. The lowest BCUT2D eigenvalue weighted by Gasteiger charge is -2.48. The summed E-state index contributed by atoms with van der Waals surface area (Å²) in [5, 5.41) is 0. The van der Waals surface area contributed by atoms with Crippen molar-refractivity contribution >= 4 is 0 Å². The van der Waals surface area contributed by atoms with Gasteiger partial charge in [0.1, 0.15) is 12.2 Å². The second-order valence-electron chi connectivity index (χ2n) is 8.83. The largest absolute Gasteiger partial charge is 0.380 e. The van der Waals surface area contributed by atoms with Crippen molar-refractivity contribution in [2.24, 2.45) is 0 Å². The fourth-order valence-electron chi connectivity index (χ4n) is 4.00. The van der Waals surface area contributed by atoms with Crippen LogP contribution in [0.5, 0.6) is 0 Å². The minimum Gasteiger partial charge on any atom is -0.380 e. The lowest BCUT2D eigenvalue weighted by atomic mass is 9.93. The zero-order valence-corrected chi connectivity index (χ0v) is 21.8. The molecule has 0 spiro atoms. The lowest BCUT2D eigenvalue weighted by molar-refractivity contribution is -0.203. The Hall–Kier alpha value is -0.240. The van der Waals surface area contributed by atoms with E-state index in [-0.39, 0.29) is 24.4 Å². The van der Waals surface area contributed by atoms with Gasteiger partial charge < -0.3 is 23.7 Å². The van der Waals surface area contributed by atoms with Crippen LogP contribution in [0, 0.1) is 0 Å². The normalized spacial score (nSPS) is 24.3. The van der Waals surface area contributed by atoms with E-state index in [1.54, 1.807) is 0 Å². The number of piperidine rings is 1. The zero-order valence-electron chi connectivity index (χ0n) is 21.8. The number of nitrogens with zero attached hydrogens (tertiary/aromatic N) is 1. The van der Waals surface area contributed by atoms with E-state index in [4.69, 9.17) is 23.7 Å². The Bertz CT molecular complexity index is 412. The van der Waals surface area contributed by atoms with Crippen molar-refractivity contribution in [1.29, 1.82) is 0 Å². The first-order valence-corrected chi connectivity index (χ1v) is 13.5. The first-order valence-electron chi connectivity index (χ1n) is 13.5. The molecule has 1 saturated heterocycles. The minimum absolute atomic E-state index is 0.0125. The molecule has 1 rings (SSSR count). The monoisotopic (exact) mass is 459 g/mol. The molecule has 6 heteroatoms. The first-order chi connectivity index (χ1) is 15.7. The molecule has 0 aromatic carbocycles. The van der Waals surface area contributed by atoms with Crippen LogP contribution in [0.1, 0.15) is 86.0 Å². The molecule has 4 atom stereocenters. The number of ether oxygens (including phenoxy) is 5. The topological polar surface area (TPSA) is 49.4 Å². The molecular weight excluding hydrogens is 406 g/mol. The van der Waals surface area contributed by atoms with Crippen LogP contribution in [0.15, 0.2) is 0 Å². The fraction of sp³-hybridized carbons (Fsp3) is 1.00. The van der Waals surface area contributed by atoms with Gasteiger partial charge in [0, 0.05) is 46.1 Å². The van der Waals surface area contributed by atoms with E-state index in [1.165, 1.54) is 0 Å². The summed E-state index contributed by atoms with van der Waals surface area (Å²) in [6.07, 6.45) is 8.70. The fourth-order valence-corrected chi connectivity index (χ4v) is 4.00. The summed E-state index contributed by atoms with van der Waals surface area (Å²) in [6.45, 7) is 17.7. The highest BCUT2D eigenvalue weighted by Gasteiger charge is 2.45. The van der Waals surface area contributed by atoms with E-state index in [9.17, 15) is 0 Å². The van der Waals surface area contributed by atoms with Gasteiger partial charge in [0.15, 0.2) is 0 Å². The molecule has 192 valence electrons. The summed E-state index contributed by atoms with van der Waals surface area (Å²) in [4.78, 5) is 2.47. The predicted molar refractivity (Wildman–Crippen MR) is 132 cm³/mol. The van der Waals surface area contributed by atoms with Crippen molar-refractivity contribution in [2.75, 3.05) is 59.3 Å². The van der Waals surface area contributed by atoms with Crippen molar-refractivity contribution in [1.82, 2.24) is 4.90 Å². The maximum absolute atomic E-state index is 6.54. The highest BCUT2D eigenvalue weighted by atomic mass is 16.6. The van der Waals surface area contributed by atoms with Crippen molar-refractivity contribution in [3.63, 3.8) is 0 Å². The van der Waals surface area contributed by atoms with Gasteiger partial charge in [-0.05, 0) is 32.6 Å². The van der Waals surface area contributed by atoms with Gasteiger partial charge in [0.05, 0.1) is 25.4 Å². The van der Waals surface area contributed by atoms with Crippen LogP contribution >= 0.6 is 0 Å². The zero-order chi connectivity index (χ0) is 23.4. The summed E-state index contributed by atoms with van der Waals surface area (Å²) in [7, 11) is 0. The molecule has 0 radical (unpaired) electrons. The van der Waals surface area contributed by atoms with E-state index >= 15 is 0 Å². The first kappa shape index (κ1) is 29.8. The smallest absolute Gasteiger partial charge is 0.113 e. The molecule has 1 heterocycles. The Morgan fingerprint density at radius 1 is 0.625 bits per heavy atom. The minimum atomic E-state index is -0.0571. The highest BCUT2D eigenvalue weighted by Crippen LogP contribution is 2.27. The van der Waals surface area contributed by atoms with E-state index in [1.807, 2.05) is 6.92 Å². The Morgan fingerprint density at radius 3 is 1.78 bits per heavy atom. The molecule has 0 saturated carbocycles. The molecule has 1 aliphatic rings. The van der Waals surface area contributed by atoms with Crippen LogP contribution in [-0.4, -0.2) is 88.6 Å². The SMILES string of the molecule is CCCCOC[C@@H]1[C@@H](OCCCC)[C@H](OCCCC)[C@@H](OCCCC)CN1CCOCC. The molecule has 0 aromatic rings. The van der Waals surface area contributed by atoms with Gasteiger partial charge in [-0.2, -0.15) is 0 Å². The number of unbranched alkanes of at least 4 members (excludes halogenated alkanes) is 4. The van der Waals surface area contributed by atoms with Crippen LogP contribution in [0.25, 0.3) is 0 Å². The average Bonchev–Trinajstić information content (AvgIpc) is 2.79. The summed E-state index contributed by atoms with van der Waals surface area (Å²) >= 11 is 0. The second kappa shape index (κ2) is 20.2. The molecule has 1 fully saturated rings. The van der Waals surface area contributed by atoms with Crippen molar-refractivity contribution in [2.45, 2.75) is 110 Å². The van der Waals surface area contributed by atoms with Crippen LogP contribution in [-0.2, 0) is 23.7 Å². The maximum atomic E-state index is 6.54. The number of likely N-dealkylation sites (tertiary alicyclic amines) is 1. The molecule has 0 unspecified atom stereocenters. The van der Waals surface area contributed by atoms with Gasteiger partial charge in [0.2, 0.25) is 0 Å². The molecule has 6 nitrogen and oxygen atoms in total. The third-order valence-corrected chi connectivity index (χ3v) is 6.06. The Kier molecular flexibility index (Phi) is 18.8. The Morgan fingerprint density at radius 2 is 1.19 bits per heavy atom. The third kappa shape index (κ3) is 11.8. The van der Waals surface area contributed by atoms with Crippen molar-refractivity contribution in [3.8, 4) is 0 Å². The van der Waals surface area contributed by atoms with Gasteiger partial charge in [0.25, 0.3) is 0 Å². The molecule has 0 aliphatic carbocycles. The molecule has 0 N–H and O–H groups in total. The molecule has 32 heavy (non-hydrogen) atoms. The van der Waals surface area contributed by atoms with Crippen molar-refractivity contribution < 1.29 is 23.7 Å². The third-order valence-electron chi connectivity index (χ3n) is 6.06. The van der Waals surface area contributed by atoms with E-state index in [2.05, 4.69) is 32.6 Å². The summed E-state index contributed by atoms with van der Waals surface area (Å²) < 4.78 is 31.3. The lowest BCUT2D eigenvalue weighted by Crippen LogP contribution is -2.65. The molecule has 1 aliphatic heterocycles. The van der Waals surface area contributed by atoms with E-state index < -0.39 is 0 Å². The van der Waals surface area contributed by atoms with E-state index in [0.717, 1.165) is 97.5 Å². The predicted octanol–water partition coefficient (Wildman–Crippen LogP) is 5.08. The standard InChI is InChI=1S/C26H53NO5/c1-6-11-16-29-22-23-25(31-18-13-8-3)26(32-19-14-9-4)24(30-17-12-7-2)21-27(23)15-20-28-10-5/h23-26H,6-22H2,1-5H3/t23-,24+,25-,26-/m1/s1. The van der Waals surface area contributed by atoms with Crippen molar-refractivity contribution in [3.05, 3.63) is 0 Å². The molecule has 0 aromatic heterocycles. The van der Waals surface area contributed by atoms with Crippen LogP contribution < -0.4 is 0 Å². The Balaban J connectivity index is 3.03.